The minimum atomic E-state index is -0.541. The number of aryl methyl sites for hydroxylation is 2. The molecule has 180 valence electrons. The molecular weight excluding hydrogens is 453 g/mol. The van der Waals surface area contributed by atoms with Crippen LogP contribution in [0.25, 0.3) is 5.69 Å². The molecule has 0 saturated heterocycles. The second kappa shape index (κ2) is 10.2. The van der Waals surface area contributed by atoms with Gasteiger partial charge in [0.1, 0.15) is 11.6 Å². The number of aromatic nitrogens is 4. The van der Waals surface area contributed by atoms with Crippen LogP contribution in [0.5, 0.6) is 11.6 Å². The molecule has 0 fully saturated rings. The van der Waals surface area contributed by atoms with Crippen molar-refractivity contribution in [3.05, 3.63) is 93.9 Å². The molecule has 10 heteroatoms. The minimum Gasteiger partial charge on any atom is -0.497 e. The van der Waals surface area contributed by atoms with Gasteiger partial charge >= 0.3 is 5.69 Å². The Morgan fingerprint density at radius 3 is 2.40 bits per heavy atom. The van der Waals surface area contributed by atoms with Gasteiger partial charge in [-0.05, 0) is 67.4 Å². The normalized spacial score (nSPS) is 10.8. The van der Waals surface area contributed by atoms with Crippen LogP contribution in [-0.2, 0) is 24.2 Å². The van der Waals surface area contributed by atoms with Gasteiger partial charge in [0.2, 0.25) is 11.8 Å². The van der Waals surface area contributed by atoms with E-state index in [1.165, 1.54) is 28.8 Å². The molecule has 0 saturated carbocycles. The van der Waals surface area contributed by atoms with Crippen LogP contribution in [0.3, 0.4) is 0 Å². The second-order valence-electron chi connectivity index (χ2n) is 7.90. The second-order valence-corrected chi connectivity index (χ2v) is 7.90. The predicted molar refractivity (Wildman–Crippen MR) is 127 cm³/mol. The van der Waals surface area contributed by atoms with Gasteiger partial charge in [0.15, 0.2) is 5.82 Å². The Morgan fingerprint density at radius 1 is 1.06 bits per heavy atom. The van der Waals surface area contributed by atoms with E-state index in [1.54, 1.807) is 26.2 Å². The number of halogens is 1. The van der Waals surface area contributed by atoms with Crippen molar-refractivity contribution in [2.45, 2.75) is 26.3 Å². The number of imidazole rings is 1. The standard InChI is InChI=1S/C25H24FN5O4/c1-16-3-12-22(29-28-16)27-23(32)15-21-24(33)31(19-8-6-18(26)7-9-19)25(34)30(21)14-13-17-4-10-20(35-2)11-5-17/h3-12,33H,13-15H2,1-2H3,(H,27,29,32). The molecule has 2 N–H and O–H groups in total. The van der Waals surface area contributed by atoms with Crippen LogP contribution >= 0.6 is 0 Å². The topological polar surface area (TPSA) is 111 Å². The number of carbonyl (C=O) groups is 1. The third kappa shape index (κ3) is 5.37. The fourth-order valence-electron chi connectivity index (χ4n) is 3.64. The van der Waals surface area contributed by atoms with E-state index in [0.717, 1.165) is 10.1 Å². The molecular formula is C25H24FN5O4. The molecule has 0 atom stereocenters. The molecule has 2 heterocycles. The lowest BCUT2D eigenvalue weighted by molar-refractivity contribution is -0.115. The van der Waals surface area contributed by atoms with E-state index in [-0.39, 0.29) is 36.0 Å². The number of rotatable bonds is 8. The van der Waals surface area contributed by atoms with E-state index in [1.807, 2.05) is 24.3 Å². The van der Waals surface area contributed by atoms with Crippen LogP contribution in [0.2, 0.25) is 0 Å². The number of nitrogens with zero attached hydrogens (tertiary/aromatic N) is 4. The third-order valence-corrected chi connectivity index (χ3v) is 5.48. The Hall–Kier alpha value is -4.47. The molecule has 0 radical (unpaired) electrons. The molecule has 35 heavy (non-hydrogen) atoms. The van der Waals surface area contributed by atoms with Crippen molar-refractivity contribution in [1.29, 1.82) is 0 Å². The highest BCUT2D eigenvalue weighted by Gasteiger charge is 2.23. The molecule has 1 amide bonds. The summed E-state index contributed by atoms with van der Waals surface area (Å²) >= 11 is 0. The first-order valence-corrected chi connectivity index (χ1v) is 10.9. The number of methoxy groups -OCH3 is 1. The van der Waals surface area contributed by atoms with E-state index in [0.29, 0.717) is 17.9 Å². The number of anilines is 1. The summed E-state index contributed by atoms with van der Waals surface area (Å²) in [7, 11) is 1.58. The van der Waals surface area contributed by atoms with Gasteiger partial charge in [0.05, 0.1) is 30.6 Å². The summed E-state index contributed by atoms with van der Waals surface area (Å²) in [6.07, 6.45) is 0.183. The minimum absolute atomic E-state index is 0.130. The zero-order valence-electron chi connectivity index (χ0n) is 19.2. The first kappa shape index (κ1) is 23.7. The summed E-state index contributed by atoms with van der Waals surface area (Å²) in [6, 6.07) is 15.9. The van der Waals surface area contributed by atoms with Crippen molar-refractivity contribution in [3.63, 3.8) is 0 Å². The Balaban J connectivity index is 1.65. The molecule has 0 unspecified atom stereocenters. The molecule has 4 rings (SSSR count). The smallest absolute Gasteiger partial charge is 0.335 e. The highest BCUT2D eigenvalue weighted by Crippen LogP contribution is 2.23. The number of hydrogen-bond acceptors (Lipinski definition) is 6. The highest BCUT2D eigenvalue weighted by atomic mass is 19.1. The first-order valence-electron chi connectivity index (χ1n) is 10.9. The molecule has 2 aromatic carbocycles. The van der Waals surface area contributed by atoms with Crippen LogP contribution in [0.4, 0.5) is 10.2 Å². The van der Waals surface area contributed by atoms with Gasteiger partial charge < -0.3 is 15.2 Å². The lowest BCUT2D eigenvalue weighted by atomic mass is 10.1. The van der Waals surface area contributed by atoms with Gasteiger partial charge in [0, 0.05) is 6.54 Å². The molecule has 0 bridgehead atoms. The average Bonchev–Trinajstić information content (AvgIpc) is 3.08. The number of carbonyl (C=O) groups excluding carboxylic acids is 1. The summed E-state index contributed by atoms with van der Waals surface area (Å²) in [6.45, 7) is 1.98. The highest BCUT2D eigenvalue weighted by molar-refractivity contribution is 5.91. The molecule has 0 aliphatic carbocycles. The molecule has 2 aromatic heterocycles. The third-order valence-electron chi connectivity index (χ3n) is 5.48. The van der Waals surface area contributed by atoms with Crippen molar-refractivity contribution < 1.29 is 19.0 Å². The summed E-state index contributed by atoms with van der Waals surface area (Å²) in [5.74, 6) is -0.374. The zero-order valence-corrected chi connectivity index (χ0v) is 19.2. The maximum absolute atomic E-state index is 13.4. The first-order chi connectivity index (χ1) is 16.9. The SMILES string of the molecule is COc1ccc(CCn2c(CC(=O)Nc3ccc(C)nn3)c(O)n(-c3ccc(F)cc3)c2=O)cc1. The van der Waals surface area contributed by atoms with Gasteiger partial charge in [-0.3, -0.25) is 9.36 Å². The Bertz CT molecular complexity index is 1380. The Kier molecular flexibility index (Phi) is 6.91. The molecule has 0 aliphatic heterocycles. The largest absolute Gasteiger partial charge is 0.497 e. The van der Waals surface area contributed by atoms with Crippen LogP contribution in [0.1, 0.15) is 17.0 Å². The fourth-order valence-corrected chi connectivity index (χ4v) is 3.64. The van der Waals surface area contributed by atoms with E-state index in [9.17, 15) is 19.1 Å². The monoisotopic (exact) mass is 477 g/mol. The van der Waals surface area contributed by atoms with Gasteiger partial charge in [0.25, 0.3) is 0 Å². The van der Waals surface area contributed by atoms with Crippen LogP contribution in [0.15, 0.2) is 65.5 Å². The zero-order chi connectivity index (χ0) is 24.9. The molecule has 4 aromatic rings. The van der Waals surface area contributed by atoms with Crippen molar-refractivity contribution in [1.82, 2.24) is 19.3 Å². The van der Waals surface area contributed by atoms with E-state index >= 15 is 0 Å². The summed E-state index contributed by atoms with van der Waals surface area (Å²) < 4.78 is 21.0. The Labute approximate surface area is 200 Å². The number of amides is 1. The average molecular weight is 477 g/mol. The van der Waals surface area contributed by atoms with Crippen LogP contribution in [-0.4, -0.2) is 37.5 Å². The summed E-state index contributed by atoms with van der Waals surface area (Å²) in [5.41, 5.74) is 1.51. The molecule has 0 spiro atoms. The van der Waals surface area contributed by atoms with E-state index < -0.39 is 17.4 Å². The fraction of sp³-hybridized carbons (Fsp3) is 0.200. The van der Waals surface area contributed by atoms with Crippen molar-refractivity contribution in [2.24, 2.45) is 0 Å². The number of ether oxygens (including phenoxy) is 1. The predicted octanol–water partition coefficient (Wildman–Crippen LogP) is 3.01. The van der Waals surface area contributed by atoms with Gasteiger partial charge in [-0.15, -0.1) is 5.10 Å². The van der Waals surface area contributed by atoms with E-state index in [2.05, 4.69) is 15.5 Å². The lowest BCUT2D eigenvalue weighted by Gasteiger charge is -2.09. The Morgan fingerprint density at radius 2 is 1.77 bits per heavy atom. The molecule has 0 aliphatic rings. The van der Waals surface area contributed by atoms with E-state index in [4.69, 9.17) is 4.74 Å². The number of aromatic hydroxyl groups is 1. The molecule has 9 nitrogen and oxygen atoms in total. The van der Waals surface area contributed by atoms with Crippen LogP contribution in [0, 0.1) is 12.7 Å². The van der Waals surface area contributed by atoms with Crippen molar-refractivity contribution >= 4 is 11.7 Å². The van der Waals surface area contributed by atoms with Crippen molar-refractivity contribution in [2.75, 3.05) is 12.4 Å². The van der Waals surface area contributed by atoms with Crippen LogP contribution < -0.4 is 15.7 Å². The lowest BCUT2D eigenvalue weighted by Crippen LogP contribution is -2.26. The van der Waals surface area contributed by atoms with Crippen molar-refractivity contribution in [3.8, 4) is 17.3 Å². The number of hydrogen-bond donors (Lipinski definition) is 2. The number of nitrogens with one attached hydrogen (secondary N) is 1. The quantitative estimate of drug-likeness (QED) is 0.404. The number of benzene rings is 2. The summed E-state index contributed by atoms with van der Waals surface area (Å²) in [5, 5.41) is 21.4. The summed E-state index contributed by atoms with van der Waals surface area (Å²) in [4.78, 5) is 26.0. The maximum atomic E-state index is 13.4. The maximum Gasteiger partial charge on any atom is 0.335 e. The van der Waals surface area contributed by atoms with Gasteiger partial charge in [-0.1, -0.05) is 12.1 Å². The van der Waals surface area contributed by atoms with Gasteiger partial charge in [-0.2, -0.15) is 5.10 Å². The van der Waals surface area contributed by atoms with Gasteiger partial charge in [-0.25, -0.2) is 13.8 Å².